The van der Waals surface area contributed by atoms with Crippen LogP contribution in [0.1, 0.15) is 18.4 Å². The van der Waals surface area contributed by atoms with E-state index < -0.39 is 0 Å². The molecule has 0 atom stereocenters. The van der Waals surface area contributed by atoms with Crippen LogP contribution in [0.3, 0.4) is 0 Å². The Hall–Kier alpha value is -0.810. The van der Waals surface area contributed by atoms with Crippen LogP contribution in [0.5, 0.6) is 0 Å². The SMILES string of the molecule is Cc1cnc2c(c1)[nH]c(=S)n2CC1CCSCC1. The van der Waals surface area contributed by atoms with Crippen molar-refractivity contribution in [1.29, 1.82) is 0 Å². The second-order valence-corrected chi connectivity index (χ2v) is 6.59. The van der Waals surface area contributed by atoms with E-state index in [2.05, 4.69) is 39.3 Å². The highest BCUT2D eigenvalue weighted by Gasteiger charge is 2.16. The molecule has 1 fully saturated rings. The van der Waals surface area contributed by atoms with Crippen molar-refractivity contribution in [2.45, 2.75) is 26.3 Å². The maximum atomic E-state index is 5.43. The lowest BCUT2D eigenvalue weighted by molar-refractivity contribution is 0.419. The van der Waals surface area contributed by atoms with Crippen molar-refractivity contribution in [1.82, 2.24) is 14.5 Å². The molecular formula is C13H17N3S2. The van der Waals surface area contributed by atoms with E-state index in [0.29, 0.717) is 0 Å². The number of nitrogens with one attached hydrogen (secondary N) is 1. The molecule has 96 valence electrons. The van der Waals surface area contributed by atoms with E-state index in [1.54, 1.807) is 0 Å². The number of hydrogen-bond acceptors (Lipinski definition) is 3. The molecule has 1 N–H and O–H groups in total. The van der Waals surface area contributed by atoms with Crippen LogP contribution in [-0.2, 0) is 6.54 Å². The summed E-state index contributed by atoms with van der Waals surface area (Å²) < 4.78 is 2.98. The molecule has 0 aromatic carbocycles. The molecule has 5 heteroatoms. The molecule has 18 heavy (non-hydrogen) atoms. The first-order valence-corrected chi connectivity index (χ1v) is 7.93. The van der Waals surface area contributed by atoms with Crippen molar-refractivity contribution in [3.63, 3.8) is 0 Å². The lowest BCUT2D eigenvalue weighted by Crippen LogP contribution is -2.16. The van der Waals surface area contributed by atoms with Crippen LogP contribution in [0, 0.1) is 17.6 Å². The van der Waals surface area contributed by atoms with Gasteiger partial charge in [0.15, 0.2) is 10.4 Å². The van der Waals surface area contributed by atoms with E-state index in [0.717, 1.165) is 28.4 Å². The molecule has 0 aliphatic carbocycles. The molecule has 3 rings (SSSR count). The van der Waals surface area contributed by atoms with Gasteiger partial charge in [0.2, 0.25) is 0 Å². The Morgan fingerprint density at radius 3 is 3.06 bits per heavy atom. The number of fused-ring (bicyclic) bond motifs is 1. The second-order valence-electron chi connectivity index (χ2n) is 4.98. The predicted octanol–water partition coefficient (Wildman–Crippen LogP) is 3.55. The maximum absolute atomic E-state index is 5.43. The summed E-state index contributed by atoms with van der Waals surface area (Å²) in [5.74, 6) is 3.32. The smallest absolute Gasteiger partial charge is 0.179 e. The van der Waals surface area contributed by atoms with Crippen molar-refractivity contribution in [2.24, 2.45) is 5.92 Å². The third-order valence-electron chi connectivity index (χ3n) is 3.53. The van der Waals surface area contributed by atoms with Crippen molar-refractivity contribution in [3.8, 4) is 0 Å². The van der Waals surface area contributed by atoms with Gasteiger partial charge in [0.1, 0.15) is 0 Å². The van der Waals surface area contributed by atoms with Crippen LogP contribution >= 0.6 is 24.0 Å². The van der Waals surface area contributed by atoms with E-state index in [1.807, 2.05) is 6.20 Å². The normalized spacial score (nSPS) is 17.4. The molecule has 0 spiro atoms. The predicted molar refractivity (Wildman–Crippen MR) is 79.7 cm³/mol. The Labute approximate surface area is 116 Å². The number of hydrogen-bond donors (Lipinski definition) is 1. The first-order chi connectivity index (χ1) is 8.74. The van der Waals surface area contributed by atoms with Gasteiger partial charge in [-0.2, -0.15) is 11.8 Å². The molecule has 3 nitrogen and oxygen atoms in total. The van der Waals surface area contributed by atoms with Crippen LogP contribution in [-0.4, -0.2) is 26.0 Å². The first-order valence-electron chi connectivity index (χ1n) is 6.37. The van der Waals surface area contributed by atoms with Crippen molar-refractivity contribution >= 4 is 35.1 Å². The first kappa shape index (κ1) is 12.2. The molecule has 0 amide bonds. The van der Waals surface area contributed by atoms with Gasteiger partial charge in [-0.25, -0.2) is 4.98 Å². The Bertz CT molecular complexity index is 608. The summed E-state index contributed by atoms with van der Waals surface area (Å²) in [7, 11) is 0. The Morgan fingerprint density at radius 2 is 2.28 bits per heavy atom. The number of aryl methyl sites for hydroxylation is 1. The number of nitrogens with zero attached hydrogens (tertiary/aromatic N) is 2. The van der Waals surface area contributed by atoms with Crippen LogP contribution in [0.2, 0.25) is 0 Å². The standard InChI is InChI=1S/C13H17N3S2/c1-9-6-11-12(14-7-9)16(13(17)15-11)8-10-2-4-18-5-3-10/h6-7,10H,2-5,8H2,1H3,(H,15,17). The molecule has 2 aromatic heterocycles. The monoisotopic (exact) mass is 279 g/mol. The summed E-state index contributed by atoms with van der Waals surface area (Å²) in [4.78, 5) is 7.79. The quantitative estimate of drug-likeness (QED) is 0.854. The number of thioether (sulfide) groups is 1. The minimum atomic E-state index is 0.750. The van der Waals surface area contributed by atoms with Crippen LogP contribution < -0.4 is 0 Å². The largest absolute Gasteiger partial charge is 0.329 e. The van der Waals surface area contributed by atoms with Crippen LogP contribution in [0.4, 0.5) is 0 Å². The van der Waals surface area contributed by atoms with E-state index >= 15 is 0 Å². The molecule has 0 saturated carbocycles. The average molecular weight is 279 g/mol. The zero-order valence-electron chi connectivity index (χ0n) is 10.5. The van der Waals surface area contributed by atoms with Gasteiger partial charge in [0, 0.05) is 12.7 Å². The van der Waals surface area contributed by atoms with Gasteiger partial charge < -0.3 is 9.55 Å². The lowest BCUT2D eigenvalue weighted by Gasteiger charge is -2.21. The fourth-order valence-electron chi connectivity index (χ4n) is 2.50. The molecule has 0 unspecified atom stereocenters. The maximum Gasteiger partial charge on any atom is 0.179 e. The molecular weight excluding hydrogens is 262 g/mol. The molecule has 1 aliphatic heterocycles. The molecule has 0 bridgehead atoms. The third kappa shape index (κ3) is 2.34. The van der Waals surface area contributed by atoms with Crippen LogP contribution in [0.25, 0.3) is 11.2 Å². The summed E-state index contributed by atoms with van der Waals surface area (Å²) in [6, 6.07) is 2.12. The van der Waals surface area contributed by atoms with E-state index in [9.17, 15) is 0 Å². The fourth-order valence-corrected chi connectivity index (χ4v) is 3.98. The van der Waals surface area contributed by atoms with Gasteiger partial charge in [-0.1, -0.05) is 0 Å². The number of aromatic nitrogens is 3. The number of aromatic amines is 1. The highest BCUT2D eigenvalue weighted by atomic mass is 32.2. The number of rotatable bonds is 2. The fraction of sp³-hybridized carbons (Fsp3) is 0.538. The summed E-state index contributed by atoms with van der Waals surface area (Å²) >= 11 is 7.49. The summed E-state index contributed by atoms with van der Waals surface area (Å²) in [6.45, 7) is 3.06. The average Bonchev–Trinajstić information content (AvgIpc) is 2.66. The van der Waals surface area contributed by atoms with Gasteiger partial charge in [0.25, 0.3) is 0 Å². The highest BCUT2D eigenvalue weighted by molar-refractivity contribution is 7.99. The Morgan fingerprint density at radius 1 is 1.50 bits per heavy atom. The van der Waals surface area contributed by atoms with E-state index in [4.69, 9.17) is 12.2 Å². The lowest BCUT2D eigenvalue weighted by atomic mass is 10.0. The zero-order chi connectivity index (χ0) is 12.5. The molecule has 3 heterocycles. The van der Waals surface area contributed by atoms with Gasteiger partial charge in [0.05, 0.1) is 5.52 Å². The number of pyridine rings is 1. The minimum Gasteiger partial charge on any atom is -0.329 e. The van der Waals surface area contributed by atoms with Crippen molar-refractivity contribution in [2.75, 3.05) is 11.5 Å². The highest BCUT2D eigenvalue weighted by Crippen LogP contribution is 2.25. The Balaban J connectivity index is 1.95. The summed E-state index contributed by atoms with van der Waals surface area (Å²) in [6.07, 6.45) is 4.51. The summed E-state index contributed by atoms with van der Waals surface area (Å²) in [5.41, 5.74) is 3.23. The van der Waals surface area contributed by atoms with Gasteiger partial charge in [-0.3, -0.25) is 0 Å². The van der Waals surface area contributed by atoms with Crippen LogP contribution in [0.15, 0.2) is 12.3 Å². The topological polar surface area (TPSA) is 33.6 Å². The number of H-pyrrole nitrogens is 1. The zero-order valence-corrected chi connectivity index (χ0v) is 12.1. The van der Waals surface area contributed by atoms with Crippen molar-refractivity contribution in [3.05, 3.63) is 22.6 Å². The number of imidazole rings is 1. The van der Waals surface area contributed by atoms with Gasteiger partial charge in [-0.15, -0.1) is 0 Å². The summed E-state index contributed by atoms with van der Waals surface area (Å²) in [5, 5.41) is 0. The van der Waals surface area contributed by atoms with Crippen molar-refractivity contribution < 1.29 is 0 Å². The minimum absolute atomic E-state index is 0.750. The Kier molecular flexibility index (Phi) is 3.43. The molecule has 1 aliphatic rings. The van der Waals surface area contributed by atoms with E-state index in [1.165, 1.54) is 29.9 Å². The third-order valence-corrected chi connectivity index (χ3v) is 4.90. The van der Waals surface area contributed by atoms with Gasteiger partial charge in [-0.05, 0) is 61.0 Å². The van der Waals surface area contributed by atoms with E-state index in [-0.39, 0.29) is 0 Å². The molecule has 0 radical (unpaired) electrons. The molecule has 1 saturated heterocycles. The van der Waals surface area contributed by atoms with Gasteiger partial charge >= 0.3 is 0 Å². The molecule has 2 aromatic rings. The second kappa shape index (κ2) is 5.05.